The fraction of sp³-hybridized carbons (Fsp3) is 0.250. The van der Waals surface area contributed by atoms with Gasteiger partial charge in [0, 0.05) is 0 Å². The first kappa shape index (κ1) is 21.5. The third-order valence-electron chi connectivity index (χ3n) is 6.23. The van der Waals surface area contributed by atoms with Gasteiger partial charge in [-0.25, -0.2) is 4.39 Å². The quantitative estimate of drug-likeness (QED) is 0.363. The van der Waals surface area contributed by atoms with Crippen molar-refractivity contribution < 1.29 is 23.5 Å². The van der Waals surface area contributed by atoms with E-state index in [9.17, 15) is 18.8 Å². The predicted octanol–water partition coefficient (Wildman–Crippen LogP) is 3.75. The van der Waals surface area contributed by atoms with Crippen LogP contribution in [-0.2, 0) is 14.4 Å². The Morgan fingerprint density at radius 3 is 2.52 bits per heavy atom. The summed E-state index contributed by atoms with van der Waals surface area (Å²) in [5.41, 5.74) is 0.722. The highest BCUT2D eigenvalue weighted by Crippen LogP contribution is 2.52. The lowest BCUT2D eigenvalue weighted by atomic mass is 9.85. The first-order valence-corrected chi connectivity index (χ1v) is 11.3. The number of carbonyl (C=O) groups excluding carboxylic acids is 3. The summed E-state index contributed by atoms with van der Waals surface area (Å²) in [4.78, 5) is 37.4. The number of para-hydroxylation sites is 1. The van der Waals surface area contributed by atoms with Crippen LogP contribution in [0.4, 0.5) is 10.1 Å². The maximum atomic E-state index is 13.6. The smallest absolute Gasteiger partial charge is 0.262 e. The highest BCUT2D eigenvalue weighted by Gasteiger charge is 2.59. The molecule has 2 aromatic rings. The van der Waals surface area contributed by atoms with Gasteiger partial charge in [0.15, 0.2) is 6.61 Å². The van der Waals surface area contributed by atoms with Gasteiger partial charge in [-0.3, -0.25) is 14.4 Å². The van der Waals surface area contributed by atoms with E-state index < -0.39 is 11.7 Å². The van der Waals surface area contributed by atoms with Crippen molar-refractivity contribution in [3.05, 3.63) is 70.5 Å². The number of allylic oxidation sites excluding steroid dienone is 2. The van der Waals surface area contributed by atoms with Gasteiger partial charge in [-0.2, -0.15) is 10.1 Å². The normalized spacial score (nSPS) is 25.2. The van der Waals surface area contributed by atoms with Crippen molar-refractivity contribution in [2.75, 3.05) is 11.9 Å². The second-order valence-corrected chi connectivity index (χ2v) is 9.09. The van der Waals surface area contributed by atoms with Crippen LogP contribution in [0, 0.1) is 29.5 Å². The van der Waals surface area contributed by atoms with E-state index in [2.05, 4.69) is 26.3 Å². The van der Waals surface area contributed by atoms with Crippen molar-refractivity contribution in [1.29, 1.82) is 0 Å². The Kier molecular flexibility index (Phi) is 5.57. The molecule has 1 heterocycles. The maximum Gasteiger partial charge on any atom is 0.262 e. The van der Waals surface area contributed by atoms with Crippen LogP contribution >= 0.6 is 15.9 Å². The van der Waals surface area contributed by atoms with Crippen LogP contribution in [0.2, 0.25) is 0 Å². The number of ether oxygens (including phenoxy) is 1. The van der Waals surface area contributed by atoms with E-state index in [0.717, 1.165) is 11.4 Å². The van der Waals surface area contributed by atoms with Crippen LogP contribution in [-0.4, -0.2) is 35.6 Å². The Balaban J connectivity index is 1.20. The second kappa shape index (κ2) is 8.55. The van der Waals surface area contributed by atoms with Crippen molar-refractivity contribution in [1.82, 2.24) is 5.01 Å². The van der Waals surface area contributed by atoms with Crippen LogP contribution in [0.5, 0.6) is 5.75 Å². The Morgan fingerprint density at radius 2 is 1.85 bits per heavy atom. The van der Waals surface area contributed by atoms with Gasteiger partial charge in [0.25, 0.3) is 17.7 Å². The lowest BCUT2D eigenvalue weighted by Gasteiger charge is -2.13. The number of carbonyl (C=O) groups is 3. The van der Waals surface area contributed by atoms with Crippen molar-refractivity contribution in [2.24, 2.45) is 28.8 Å². The monoisotopic (exact) mass is 511 g/mol. The molecule has 2 aliphatic carbocycles. The summed E-state index contributed by atoms with van der Waals surface area (Å²) in [6, 6.07) is 10.9. The molecule has 33 heavy (non-hydrogen) atoms. The molecular formula is C24H19BrFN3O4. The molecule has 9 heteroatoms. The lowest BCUT2D eigenvalue weighted by molar-refractivity contribution is -0.140. The largest absolute Gasteiger partial charge is 0.483 e. The highest BCUT2D eigenvalue weighted by atomic mass is 79.9. The zero-order chi connectivity index (χ0) is 23.1. The van der Waals surface area contributed by atoms with E-state index in [-0.39, 0.29) is 47.8 Å². The zero-order valence-electron chi connectivity index (χ0n) is 17.3. The number of amides is 3. The Hall–Kier alpha value is -3.33. The van der Waals surface area contributed by atoms with Gasteiger partial charge in [-0.05, 0) is 70.1 Å². The standard InChI is InChI=1S/C24H19BrFN3O4/c25-16-9-13(5-8-19(16)33-12-20(30)28-18-4-2-1-3-17(18)26)11-27-29-23(31)21-14-6-7-15(10-14)22(21)24(29)32/h1-9,11,14-15,21-22H,10,12H2,(H,28,30)/t14-,15-,21-,22+/m0/s1. The van der Waals surface area contributed by atoms with E-state index in [0.29, 0.717) is 15.8 Å². The van der Waals surface area contributed by atoms with Crippen LogP contribution in [0.15, 0.2) is 64.2 Å². The van der Waals surface area contributed by atoms with E-state index in [1.54, 1.807) is 24.3 Å². The average molecular weight is 512 g/mol. The molecule has 2 bridgehead atoms. The number of rotatable bonds is 6. The molecule has 7 nitrogen and oxygen atoms in total. The number of anilines is 1. The lowest BCUT2D eigenvalue weighted by Crippen LogP contribution is -2.28. The minimum absolute atomic E-state index is 0.0793. The number of hydrogen-bond acceptors (Lipinski definition) is 5. The van der Waals surface area contributed by atoms with Gasteiger partial charge >= 0.3 is 0 Å². The zero-order valence-corrected chi connectivity index (χ0v) is 18.9. The molecule has 1 N–H and O–H groups in total. The number of benzene rings is 2. The maximum absolute atomic E-state index is 13.6. The summed E-state index contributed by atoms with van der Waals surface area (Å²) >= 11 is 3.38. The summed E-state index contributed by atoms with van der Waals surface area (Å²) in [7, 11) is 0. The van der Waals surface area contributed by atoms with Gasteiger partial charge in [0.1, 0.15) is 11.6 Å². The molecule has 3 amide bonds. The van der Waals surface area contributed by atoms with Gasteiger partial charge < -0.3 is 10.1 Å². The Labute approximate surface area is 197 Å². The number of fused-ring (bicyclic) bond motifs is 5. The topological polar surface area (TPSA) is 88.1 Å². The summed E-state index contributed by atoms with van der Waals surface area (Å²) in [6.07, 6.45) is 6.40. The number of halogens is 2. The summed E-state index contributed by atoms with van der Waals surface area (Å²) < 4.78 is 19.7. The van der Waals surface area contributed by atoms with Gasteiger partial charge in [-0.1, -0.05) is 24.3 Å². The number of nitrogens with one attached hydrogen (secondary N) is 1. The molecule has 5 rings (SSSR count). The molecule has 1 aliphatic heterocycles. The second-order valence-electron chi connectivity index (χ2n) is 8.24. The first-order valence-electron chi connectivity index (χ1n) is 10.5. The fourth-order valence-electron chi connectivity index (χ4n) is 4.73. The molecule has 0 aromatic heterocycles. The summed E-state index contributed by atoms with van der Waals surface area (Å²) in [6.45, 7) is -0.309. The van der Waals surface area contributed by atoms with Gasteiger partial charge in [-0.15, -0.1) is 0 Å². The SMILES string of the molecule is O=C(COc1ccc(C=NN2C(=O)[C@@H]3[C@H](C2=O)[C@H]2C=C[C@H]3C2)cc1Br)Nc1ccccc1F. The van der Waals surface area contributed by atoms with Crippen molar-refractivity contribution in [2.45, 2.75) is 6.42 Å². The van der Waals surface area contributed by atoms with Crippen LogP contribution < -0.4 is 10.1 Å². The molecule has 1 saturated carbocycles. The van der Waals surface area contributed by atoms with E-state index >= 15 is 0 Å². The Morgan fingerprint density at radius 1 is 1.15 bits per heavy atom. The van der Waals surface area contributed by atoms with Crippen LogP contribution in [0.25, 0.3) is 0 Å². The summed E-state index contributed by atoms with van der Waals surface area (Å²) in [5.74, 6) is -1.41. The number of nitrogens with zero attached hydrogens (tertiary/aromatic N) is 2. The van der Waals surface area contributed by atoms with E-state index in [4.69, 9.17) is 4.74 Å². The molecule has 3 aliphatic rings. The Bertz CT molecular complexity index is 1180. The number of hydrazone groups is 1. The molecule has 0 radical (unpaired) electrons. The highest BCUT2D eigenvalue weighted by molar-refractivity contribution is 9.10. The third kappa shape index (κ3) is 3.97. The van der Waals surface area contributed by atoms with Crippen molar-refractivity contribution >= 4 is 45.6 Å². The van der Waals surface area contributed by atoms with Crippen molar-refractivity contribution in [3.8, 4) is 5.75 Å². The molecule has 0 spiro atoms. The molecule has 4 atom stereocenters. The molecule has 1 saturated heterocycles. The van der Waals surface area contributed by atoms with E-state index in [1.807, 2.05) is 12.2 Å². The van der Waals surface area contributed by atoms with Crippen LogP contribution in [0.1, 0.15) is 12.0 Å². The predicted molar refractivity (Wildman–Crippen MR) is 122 cm³/mol. The van der Waals surface area contributed by atoms with Gasteiger partial charge in [0.2, 0.25) is 0 Å². The third-order valence-corrected chi connectivity index (χ3v) is 6.85. The molecule has 168 valence electrons. The van der Waals surface area contributed by atoms with Crippen LogP contribution in [0.3, 0.4) is 0 Å². The molecule has 0 unspecified atom stereocenters. The summed E-state index contributed by atoms with van der Waals surface area (Å²) in [5, 5.41) is 7.60. The number of imide groups is 1. The first-order chi connectivity index (χ1) is 15.9. The fourth-order valence-corrected chi connectivity index (χ4v) is 5.24. The minimum atomic E-state index is -0.529. The van der Waals surface area contributed by atoms with E-state index in [1.165, 1.54) is 24.4 Å². The van der Waals surface area contributed by atoms with Gasteiger partial charge in [0.05, 0.1) is 28.2 Å². The molecule has 2 aromatic carbocycles. The molecular weight excluding hydrogens is 493 g/mol. The molecule has 2 fully saturated rings. The number of hydrogen-bond donors (Lipinski definition) is 1. The van der Waals surface area contributed by atoms with Crippen molar-refractivity contribution in [3.63, 3.8) is 0 Å². The average Bonchev–Trinajstić information content (AvgIpc) is 3.47. The minimum Gasteiger partial charge on any atom is -0.483 e.